The van der Waals surface area contributed by atoms with Crippen LogP contribution in [-0.4, -0.2) is 5.11 Å². The van der Waals surface area contributed by atoms with E-state index in [1.54, 1.807) is 13.0 Å². The average molecular weight is 327 g/mol. The van der Waals surface area contributed by atoms with Crippen LogP contribution in [0.2, 0.25) is 0 Å². The van der Waals surface area contributed by atoms with E-state index in [4.69, 9.17) is 0 Å². The average Bonchev–Trinajstić information content (AvgIpc) is 2.31. The van der Waals surface area contributed by atoms with Crippen molar-refractivity contribution < 1.29 is 9.50 Å². The van der Waals surface area contributed by atoms with E-state index < -0.39 is 6.10 Å². The Morgan fingerprint density at radius 2 is 1.78 bits per heavy atom. The summed E-state index contributed by atoms with van der Waals surface area (Å²) < 4.78 is 14.7. The summed E-state index contributed by atoms with van der Waals surface area (Å²) in [5, 5.41) is 9.67. The van der Waals surface area contributed by atoms with Crippen LogP contribution in [0.5, 0.6) is 0 Å². The number of rotatable bonds is 3. The molecular weight excluding hydrogens is 315 g/mol. The van der Waals surface area contributed by atoms with Crippen LogP contribution in [0.3, 0.4) is 0 Å². The van der Waals surface area contributed by atoms with E-state index in [0.717, 1.165) is 14.3 Å². The Labute approximate surface area is 118 Å². The highest BCUT2D eigenvalue weighted by Gasteiger charge is 2.14. The van der Waals surface area contributed by atoms with Crippen LogP contribution in [-0.2, 0) is 0 Å². The molecule has 0 amide bonds. The first kappa shape index (κ1) is 13.6. The molecule has 0 radical (unpaired) electrons. The number of halogens is 2. The van der Waals surface area contributed by atoms with Crippen molar-refractivity contribution in [2.24, 2.45) is 0 Å². The highest BCUT2D eigenvalue weighted by molar-refractivity contribution is 9.10. The molecule has 0 fully saturated rings. The van der Waals surface area contributed by atoms with Crippen LogP contribution < -0.4 is 0 Å². The Morgan fingerprint density at radius 1 is 1.11 bits per heavy atom. The standard InChI is InChI=1S/C14H12BrFOS/c1-9(17)14-11(16)6-4-8-13(14)18-12-7-3-2-5-10(12)15/h2-9,17H,1H3/t9-/m1/s1. The van der Waals surface area contributed by atoms with Gasteiger partial charge in [0, 0.05) is 19.8 Å². The summed E-state index contributed by atoms with van der Waals surface area (Å²) in [6, 6.07) is 12.6. The number of benzene rings is 2. The first-order valence-electron chi connectivity index (χ1n) is 5.48. The van der Waals surface area contributed by atoms with Gasteiger partial charge in [0.25, 0.3) is 0 Å². The summed E-state index contributed by atoms with van der Waals surface area (Å²) in [4.78, 5) is 1.72. The molecule has 0 spiro atoms. The van der Waals surface area contributed by atoms with Crippen molar-refractivity contribution in [3.63, 3.8) is 0 Å². The molecule has 0 aliphatic rings. The van der Waals surface area contributed by atoms with E-state index in [-0.39, 0.29) is 5.82 Å². The van der Waals surface area contributed by atoms with Gasteiger partial charge in [-0.05, 0) is 47.1 Å². The van der Waals surface area contributed by atoms with E-state index in [2.05, 4.69) is 15.9 Å². The van der Waals surface area contributed by atoms with Crippen molar-refractivity contribution in [1.82, 2.24) is 0 Å². The van der Waals surface area contributed by atoms with Crippen LogP contribution >= 0.6 is 27.7 Å². The van der Waals surface area contributed by atoms with Crippen LogP contribution in [0.15, 0.2) is 56.7 Å². The third kappa shape index (κ3) is 2.94. The van der Waals surface area contributed by atoms with Gasteiger partial charge >= 0.3 is 0 Å². The van der Waals surface area contributed by atoms with Gasteiger partial charge in [-0.1, -0.05) is 30.0 Å². The van der Waals surface area contributed by atoms with Gasteiger partial charge in [-0.25, -0.2) is 4.39 Å². The van der Waals surface area contributed by atoms with Gasteiger partial charge in [0.05, 0.1) is 6.10 Å². The zero-order valence-corrected chi connectivity index (χ0v) is 12.1. The minimum absolute atomic E-state index is 0.346. The molecule has 0 aliphatic heterocycles. The second-order valence-electron chi connectivity index (χ2n) is 3.86. The Hall–Kier alpha value is -0.840. The van der Waals surface area contributed by atoms with E-state index in [1.165, 1.54) is 17.8 Å². The highest BCUT2D eigenvalue weighted by Crippen LogP contribution is 2.37. The minimum Gasteiger partial charge on any atom is -0.389 e. The molecule has 1 nitrogen and oxygen atoms in total. The predicted octanol–water partition coefficient (Wildman–Crippen LogP) is 4.79. The van der Waals surface area contributed by atoms with Gasteiger partial charge < -0.3 is 5.11 Å². The van der Waals surface area contributed by atoms with Gasteiger partial charge in [0.15, 0.2) is 0 Å². The number of aliphatic hydroxyl groups is 1. The lowest BCUT2D eigenvalue weighted by molar-refractivity contribution is 0.191. The molecule has 0 aliphatic carbocycles. The maximum atomic E-state index is 13.7. The predicted molar refractivity (Wildman–Crippen MR) is 75.3 cm³/mol. The topological polar surface area (TPSA) is 20.2 Å². The zero-order valence-electron chi connectivity index (χ0n) is 9.73. The molecule has 0 bridgehead atoms. The maximum Gasteiger partial charge on any atom is 0.130 e. The van der Waals surface area contributed by atoms with E-state index in [1.807, 2.05) is 30.3 Å². The molecule has 1 N–H and O–H groups in total. The summed E-state index contributed by atoms with van der Waals surface area (Å²) in [5.41, 5.74) is 0.346. The van der Waals surface area contributed by atoms with Gasteiger partial charge in [-0.15, -0.1) is 0 Å². The molecular formula is C14H12BrFOS. The zero-order chi connectivity index (χ0) is 13.1. The Kier molecular flexibility index (Phi) is 4.43. The van der Waals surface area contributed by atoms with Gasteiger partial charge in [-0.2, -0.15) is 0 Å². The Bertz CT molecular complexity index is 557. The SMILES string of the molecule is C[C@@H](O)c1c(F)cccc1Sc1ccccc1Br. The first-order valence-corrected chi connectivity index (χ1v) is 7.09. The van der Waals surface area contributed by atoms with Crippen LogP contribution in [0.25, 0.3) is 0 Å². The monoisotopic (exact) mass is 326 g/mol. The molecule has 2 aromatic rings. The van der Waals surface area contributed by atoms with Crippen LogP contribution in [0.1, 0.15) is 18.6 Å². The van der Waals surface area contributed by atoms with Crippen molar-refractivity contribution >= 4 is 27.7 Å². The van der Waals surface area contributed by atoms with Gasteiger partial charge in [0.1, 0.15) is 5.82 Å². The highest BCUT2D eigenvalue weighted by atomic mass is 79.9. The molecule has 0 unspecified atom stereocenters. The van der Waals surface area contributed by atoms with E-state index >= 15 is 0 Å². The second kappa shape index (κ2) is 5.87. The lowest BCUT2D eigenvalue weighted by Gasteiger charge is -2.13. The summed E-state index contributed by atoms with van der Waals surface area (Å²) in [5.74, 6) is -0.373. The molecule has 94 valence electrons. The minimum atomic E-state index is -0.823. The largest absolute Gasteiger partial charge is 0.389 e. The number of hydrogen-bond acceptors (Lipinski definition) is 2. The molecule has 0 aromatic heterocycles. The third-order valence-corrected chi connectivity index (χ3v) is 4.59. The smallest absolute Gasteiger partial charge is 0.130 e. The fourth-order valence-corrected chi connectivity index (χ4v) is 3.26. The molecule has 18 heavy (non-hydrogen) atoms. The Morgan fingerprint density at radius 3 is 2.44 bits per heavy atom. The van der Waals surface area contributed by atoms with Crippen molar-refractivity contribution in [1.29, 1.82) is 0 Å². The number of aliphatic hydroxyl groups excluding tert-OH is 1. The quantitative estimate of drug-likeness (QED) is 0.874. The molecule has 0 saturated heterocycles. The summed E-state index contributed by atoms with van der Waals surface area (Å²) in [6.45, 7) is 1.57. The summed E-state index contributed by atoms with van der Waals surface area (Å²) >= 11 is 4.89. The molecule has 2 rings (SSSR count). The normalized spacial score (nSPS) is 12.4. The van der Waals surface area contributed by atoms with E-state index in [9.17, 15) is 9.50 Å². The third-order valence-electron chi connectivity index (χ3n) is 2.49. The van der Waals surface area contributed by atoms with Crippen molar-refractivity contribution in [2.45, 2.75) is 22.8 Å². The lowest BCUT2D eigenvalue weighted by atomic mass is 10.1. The molecule has 1 atom stereocenters. The van der Waals surface area contributed by atoms with Crippen molar-refractivity contribution in [3.05, 3.63) is 58.3 Å². The first-order chi connectivity index (χ1) is 8.59. The Balaban J connectivity index is 2.41. The van der Waals surface area contributed by atoms with Gasteiger partial charge in [-0.3, -0.25) is 0 Å². The number of hydrogen-bond donors (Lipinski definition) is 1. The fourth-order valence-electron chi connectivity index (χ4n) is 1.66. The molecule has 0 heterocycles. The second-order valence-corrected chi connectivity index (χ2v) is 5.80. The van der Waals surface area contributed by atoms with Crippen molar-refractivity contribution in [3.8, 4) is 0 Å². The van der Waals surface area contributed by atoms with Crippen molar-refractivity contribution in [2.75, 3.05) is 0 Å². The molecule has 4 heteroatoms. The lowest BCUT2D eigenvalue weighted by Crippen LogP contribution is -1.98. The van der Waals surface area contributed by atoms with Crippen LogP contribution in [0, 0.1) is 5.82 Å². The summed E-state index contributed by atoms with van der Waals surface area (Å²) in [6.07, 6.45) is -0.823. The van der Waals surface area contributed by atoms with Crippen LogP contribution in [0.4, 0.5) is 4.39 Å². The molecule has 0 saturated carbocycles. The van der Waals surface area contributed by atoms with E-state index in [0.29, 0.717) is 5.56 Å². The maximum absolute atomic E-state index is 13.7. The van der Waals surface area contributed by atoms with Gasteiger partial charge in [0.2, 0.25) is 0 Å². The fraction of sp³-hybridized carbons (Fsp3) is 0.143. The summed E-state index contributed by atoms with van der Waals surface area (Å²) in [7, 11) is 0. The molecule has 2 aromatic carbocycles.